The van der Waals surface area contributed by atoms with E-state index in [0.29, 0.717) is 23.0 Å². The minimum absolute atomic E-state index is 0.348. The molecule has 0 amide bonds. The largest absolute Gasteiger partial charge is 0.477 e. The first-order valence-electron chi connectivity index (χ1n) is 5.41. The molecule has 1 rings (SSSR count). The molecule has 1 heterocycles. The molecule has 16 heavy (non-hydrogen) atoms. The second-order valence-electron chi connectivity index (χ2n) is 4.19. The molecule has 1 aromatic heterocycles. The topological polar surface area (TPSA) is 62.2 Å². The molecular weight excluding hydrogens is 224 g/mol. The standard InChI is InChI=1S/C11H18N2O2S/c1-7(2)4-5-12-6-9-13-8(3)10(16-9)11(14)15/h7,12H,4-6H2,1-3H3,(H,14,15). The number of nitrogens with one attached hydrogen (secondary N) is 1. The molecule has 0 saturated carbocycles. The number of carbonyl (C=O) groups is 1. The predicted octanol–water partition coefficient (Wildman–Crippen LogP) is 2.29. The van der Waals surface area contributed by atoms with Crippen molar-refractivity contribution in [2.75, 3.05) is 6.54 Å². The molecule has 2 N–H and O–H groups in total. The molecule has 0 spiro atoms. The highest BCUT2D eigenvalue weighted by Crippen LogP contribution is 2.17. The third-order valence-corrected chi connectivity index (χ3v) is 3.36. The van der Waals surface area contributed by atoms with Gasteiger partial charge >= 0.3 is 5.97 Å². The van der Waals surface area contributed by atoms with Crippen LogP contribution in [0.25, 0.3) is 0 Å². The number of nitrogens with zero attached hydrogens (tertiary/aromatic N) is 1. The first kappa shape index (κ1) is 13.1. The minimum atomic E-state index is -0.886. The third kappa shape index (κ3) is 3.90. The molecule has 0 radical (unpaired) electrons. The van der Waals surface area contributed by atoms with Crippen LogP contribution in [-0.2, 0) is 6.54 Å². The van der Waals surface area contributed by atoms with Gasteiger partial charge in [-0.2, -0.15) is 0 Å². The van der Waals surface area contributed by atoms with Crippen LogP contribution in [0.15, 0.2) is 0 Å². The van der Waals surface area contributed by atoms with Gasteiger partial charge in [-0.05, 0) is 25.8 Å². The first-order valence-corrected chi connectivity index (χ1v) is 6.22. The maximum absolute atomic E-state index is 10.8. The van der Waals surface area contributed by atoms with Crippen LogP contribution < -0.4 is 5.32 Å². The zero-order valence-corrected chi connectivity index (χ0v) is 10.7. The van der Waals surface area contributed by atoms with Crippen LogP contribution in [-0.4, -0.2) is 22.6 Å². The molecule has 0 aliphatic rings. The molecule has 0 aliphatic heterocycles. The van der Waals surface area contributed by atoms with Crippen molar-refractivity contribution >= 4 is 17.3 Å². The van der Waals surface area contributed by atoms with Crippen molar-refractivity contribution in [3.63, 3.8) is 0 Å². The summed E-state index contributed by atoms with van der Waals surface area (Å²) in [5.41, 5.74) is 0.609. The number of hydrogen-bond acceptors (Lipinski definition) is 4. The highest BCUT2D eigenvalue weighted by Gasteiger charge is 2.13. The van der Waals surface area contributed by atoms with E-state index in [0.717, 1.165) is 18.0 Å². The summed E-state index contributed by atoms with van der Waals surface area (Å²) in [4.78, 5) is 15.4. The van der Waals surface area contributed by atoms with Crippen LogP contribution in [0.4, 0.5) is 0 Å². The SMILES string of the molecule is Cc1nc(CNCCC(C)C)sc1C(=O)O. The molecule has 0 unspecified atom stereocenters. The quantitative estimate of drug-likeness (QED) is 0.751. The number of carboxylic acids is 1. The number of aromatic nitrogens is 1. The van der Waals surface area contributed by atoms with Crippen molar-refractivity contribution in [2.24, 2.45) is 5.92 Å². The lowest BCUT2D eigenvalue weighted by atomic mass is 10.1. The van der Waals surface area contributed by atoms with Gasteiger partial charge in [-0.25, -0.2) is 9.78 Å². The van der Waals surface area contributed by atoms with Crippen molar-refractivity contribution in [1.29, 1.82) is 0 Å². The zero-order chi connectivity index (χ0) is 12.1. The summed E-state index contributed by atoms with van der Waals surface area (Å²) in [6, 6.07) is 0. The molecular formula is C11H18N2O2S. The summed E-state index contributed by atoms with van der Waals surface area (Å²) >= 11 is 1.25. The minimum Gasteiger partial charge on any atom is -0.477 e. The van der Waals surface area contributed by atoms with Gasteiger partial charge in [0.1, 0.15) is 9.88 Å². The van der Waals surface area contributed by atoms with E-state index in [-0.39, 0.29) is 0 Å². The lowest BCUT2D eigenvalue weighted by Crippen LogP contribution is -2.16. The highest BCUT2D eigenvalue weighted by atomic mass is 32.1. The van der Waals surface area contributed by atoms with Crippen LogP contribution in [0.3, 0.4) is 0 Å². The van der Waals surface area contributed by atoms with E-state index in [1.54, 1.807) is 6.92 Å². The number of carboxylic acid groups (broad SMARTS) is 1. The van der Waals surface area contributed by atoms with Crippen molar-refractivity contribution in [3.05, 3.63) is 15.6 Å². The van der Waals surface area contributed by atoms with Gasteiger partial charge in [0.2, 0.25) is 0 Å². The van der Waals surface area contributed by atoms with Crippen molar-refractivity contribution in [2.45, 2.75) is 33.7 Å². The van der Waals surface area contributed by atoms with Gasteiger partial charge in [-0.15, -0.1) is 11.3 Å². The van der Waals surface area contributed by atoms with E-state index >= 15 is 0 Å². The molecule has 4 nitrogen and oxygen atoms in total. The Kier molecular flexibility index (Phi) is 4.89. The second-order valence-corrected chi connectivity index (χ2v) is 5.27. The monoisotopic (exact) mass is 242 g/mol. The summed E-state index contributed by atoms with van der Waals surface area (Å²) in [7, 11) is 0. The molecule has 0 aliphatic carbocycles. The zero-order valence-electron chi connectivity index (χ0n) is 9.91. The Bertz CT molecular complexity index is 361. The maximum Gasteiger partial charge on any atom is 0.347 e. The van der Waals surface area contributed by atoms with Crippen LogP contribution in [0.5, 0.6) is 0 Å². The molecule has 0 fully saturated rings. The maximum atomic E-state index is 10.8. The van der Waals surface area contributed by atoms with Gasteiger partial charge in [-0.3, -0.25) is 0 Å². The van der Waals surface area contributed by atoms with Gasteiger partial charge in [0.15, 0.2) is 0 Å². The van der Waals surface area contributed by atoms with Crippen LogP contribution in [0, 0.1) is 12.8 Å². The van der Waals surface area contributed by atoms with E-state index in [4.69, 9.17) is 5.11 Å². The predicted molar refractivity (Wildman–Crippen MR) is 65.0 cm³/mol. The van der Waals surface area contributed by atoms with Crippen molar-refractivity contribution in [1.82, 2.24) is 10.3 Å². The van der Waals surface area contributed by atoms with Gasteiger partial charge in [0.05, 0.1) is 5.69 Å². The summed E-state index contributed by atoms with van der Waals surface area (Å²) in [6.45, 7) is 7.69. The third-order valence-electron chi connectivity index (χ3n) is 2.21. The first-order chi connectivity index (χ1) is 7.50. The lowest BCUT2D eigenvalue weighted by molar-refractivity contribution is 0.0701. The molecule has 0 aromatic carbocycles. The summed E-state index contributed by atoms with van der Waals surface area (Å²) in [5.74, 6) is -0.205. The fourth-order valence-electron chi connectivity index (χ4n) is 1.31. The van der Waals surface area contributed by atoms with E-state index in [1.807, 2.05) is 0 Å². The molecule has 0 bridgehead atoms. The number of aromatic carboxylic acids is 1. The Balaban J connectivity index is 2.43. The molecule has 1 aromatic rings. The van der Waals surface area contributed by atoms with Gasteiger partial charge in [0.25, 0.3) is 0 Å². The van der Waals surface area contributed by atoms with Crippen LogP contribution in [0.2, 0.25) is 0 Å². The van der Waals surface area contributed by atoms with Crippen LogP contribution >= 0.6 is 11.3 Å². The summed E-state index contributed by atoms with van der Waals surface area (Å²) in [6.07, 6.45) is 1.12. The van der Waals surface area contributed by atoms with E-state index < -0.39 is 5.97 Å². The second kappa shape index (κ2) is 5.96. The molecule has 90 valence electrons. The average Bonchev–Trinajstić information content (AvgIpc) is 2.54. The number of hydrogen-bond donors (Lipinski definition) is 2. The molecule has 0 atom stereocenters. The fourth-order valence-corrected chi connectivity index (χ4v) is 2.19. The molecule has 0 saturated heterocycles. The lowest BCUT2D eigenvalue weighted by Gasteiger charge is -2.04. The smallest absolute Gasteiger partial charge is 0.347 e. The van der Waals surface area contributed by atoms with Crippen molar-refractivity contribution in [3.8, 4) is 0 Å². The average molecular weight is 242 g/mol. The van der Waals surface area contributed by atoms with Gasteiger partial charge < -0.3 is 10.4 Å². The highest BCUT2D eigenvalue weighted by molar-refractivity contribution is 7.13. The number of rotatable bonds is 6. The normalized spacial score (nSPS) is 11.0. The van der Waals surface area contributed by atoms with E-state index in [1.165, 1.54) is 11.3 Å². The van der Waals surface area contributed by atoms with E-state index in [9.17, 15) is 4.79 Å². The molecule has 5 heteroatoms. The van der Waals surface area contributed by atoms with Crippen molar-refractivity contribution < 1.29 is 9.90 Å². The fraction of sp³-hybridized carbons (Fsp3) is 0.636. The Morgan fingerprint density at radius 1 is 1.56 bits per heavy atom. The Morgan fingerprint density at radius 3 is 2.75 bits per heavy atom. The Morgan fingerprint density at radius 2 is 2.25 bits per heavy atom. The summed E-state index contributed by atoms with van der Waals surface area (Å²) in [5, 5.41) is 13.0. The number of thiazole rings is 1. The Labute approximate surface area is 99.7 Å². The van der Waals surface area contributed by atoms with Gasteiger partial charge in [-0.1, -0.05) is 13.8 Å². The van der Waals surface area contributed by atoms with Crippen LogP contribution in [0.1, 0.15) is 40.6 Å². The van der Waals surface area contributed by atoms with Gasteiger partial charge in [0, 0.05) is 6.54 Å². The van der Waals surface area contributed by atoms with E-state index in [2.05, 4.69) is 24.1 Å². The summed E-state index contributed by atoms with van der Waals surface area (Å²) < 4.78 is 0. The Hall–Kier alpha value is -0.940. The number of aryl methyl sites for hydroxylation is 1.